The third-order valence-corrected chi connectivity index (χ3v) is 5.81. The van der Waals surface area contributed by atoms with Crippen LogP contribution in [-0.4, -0.2) is 35.5 Å². The Kier molecular flexibility index (Phi) is 6.85. The molecule has 0 bridgehead atoms. The van der Waals surface area contributed by atoms with Crippen molar-refractivity contribution in [3.05, 3.63) is 64.7 Å². The normalized spacial score (nSPS) is 14.2. The van der Waals surface area contributed by atoms with E-state index < -0.39 is 11.6 Å². The number of nitrogens with one attached hydrogen (secondary N) is 2. The molecule has 3 amide bonds. The highest BCUT2D eigenvalue weighted by atomic mass is 16.2. The predicted octanol–water partition coefficient (Wildman–Crippen LogP) is 4.42. The van der Waals surface area contributed by atoms with E-state index in [1.54, 1.807) is 26.0 Å². The molecule has 2 N–H and O–H groups in total. The van der Waals surface area contributed by atoms with Gasteiger partial charge in [0, 0.05) is 24.3 Å². The third-order valence-electron chi connectivity index (χ3n) is 5.81. The van der Waals surface area contributed by atoms with Crippen molar-refractivity contribution in [2.24, 2.45) is 0 Å². The maximum Gasteiger partial charge on any atom is 0.320 e. The van der Waals surface area contributed by atoms with Crippen molar-refractivity contribution in [1.82, 2.24) is 10.2 Å². The lowest BCUT2D eigenvalue weighted by molar-refractivity contribution is 0.0713. The van der Waals surface area contributed by atoms with Crippen molar-refractivity contribution in [3.8, 4) is 18.4 Å². The molecule has 0 atom stereocenters. The minimum absolute atomic E-state index is 0.0457. The number of rotatable bonds is 4. The average Bonchev–Trinajstić information content (AvgIpc) is 2.80. The molecule has 2 aromatic rings. The van der Waals surface area contributed by atoms with Crippen molar-refractivity contribution < 1.29 is 9.59 Å². The first-order chi connectivity index (χ1) is 15.2. The first kappa shape index (κ1) is 22.9. The molecular formula is C26H28N4O2. The summed E-state index contributed by atoms with van der Waals surface area (Å²) in [5.41, 5.74) is 3.06. The van der Waals surface area contributed by atoms with Crippen LogP contribution in [0, 0.1) is 30.6 Å². The van der Waals surface area contributed by atoms with Crippen LogP contribution >= 0.6 is 0 Å². The molecule has 0 unspecified atom stereocenters. The van der Waals surface area contributed by atoms with Crippen molar-refractivity contribution in [3.63, 3.8) is 0 Å². The zero-order chi connectivity index (χ0) is 23.3. The largest absolute Gasteiger partial charge is 0.339 e. The van der Waals surface area contributed by atoms with E-state index in [4.69, 9.17) is 11.7 Å². The van der Waals surface area contributed by atoms with Gasteiger partial charge in [0.2, 0.25) is 0 Å². The molecule has 1 heterocycles. The van der Waals surface area contributed by atoms with Crippen LogP contribution in [0.25, 0.3) is 0 Å². The number of benzene rings is 2. The number of anilines is 1. The summed E-state index contributed by atoms with van der Waals surface area (Å²) >= 11 is 0. The monoisotopic (exact) mass is 428 g/mol. The highest BCUT2D eigenvalue weighted by Gasteiger charge is 2.25. The topological polar surface area (TPSA) is 85.2 Å². The SMILES string of the molecule is C#CC(C)(C)NC(=O)Nc1cc(C(=O)N2CCC(c3ccc(C#N)cc3)CC2)ccc1C. The predicted molar refractivity (Wildman–Crippen MR) is 125 cm³/mol. The van der Waals surface area contributed by atoms with Gasteiger partial charge in [0.15, 0.2) is 0 Å². The standard InChI is InChI=1S/C26H28N4O2/c1-5-26(3,4)29-25(32)28-23-16-22(9-6-18(23)2)24(31)30-14-12-21(13-15-30)20-10-7-19(17-27)8-11-20/h1,6-11,16,21H,12-15H2,2-4H3,(H2,28,29,32). The van der Waals surface area contributed by atoms with Crippen LogP contribution in [0.15, 0.2) is 42.5 Å². The lowest BCUT2D eigenvalue weighted by Crippen LogP contribution is -2.44. The summed E-state index contributed by atoms with van der Waals surface area (Å²) in [6.45, 7) is 6.68. The lowest BCUT2D eigenvalue weighted by Gasteiger charge is -2.32. The number of hydrogen-bond acceptors (Lipinski definition) is 3. The number of urea groups is 1. The van der Waals surface area contributed by atoms with E-state index in [-0.39, 0.29) is 5.91 Å². The minimum Gasteiger partial charge on any atom is -0.339 e. The zero-order valence-electron chi connectivity index (χ0n) is 18.7. The molecule has 0 aliphatic carbocycles. The van der Waals surface area contributed by atoms with Crippen LogP contribution in [0.1, 0.15) is 59.7 Å². The summed E-state index contributed by atoms with van der Waals surface area (Å²) < 4.78 is 0. The van der Waals surface area contributed by atoms with Crippen LogP contribution in [0.4, 0.5) is 10.5 Å². The molecule has 1 aliphatic rings. The summed E-state index contributed by atoms with van der Waals surface area (Å²) in [7, 11) is 0. The number of likely N-dealkylation sites (tertiary alicyclic amines) is 1. The number of amides is 3. The summed E-state index contributed by atoms with van der Waals surface area (Å²) in [6.07, 6.45) is 7.18. The molecule has 0 spiro atoms. The maximum absolute atomic E-state index is 13.1. The van der Waals surface area contributed by atoms with Crippen molar-refractivity contribution >= 4 is 17.6 Å². The first-order valence-corrected chi connectivity index (χ1v) is 10.7. The Balaban J connectivity index is 1.64. The number of terminal acetylenes is 1. The van der Waals surface area contributed by atoms with Crippen molar-refractivity contribution in [2.45, 2.75) is 45.1 Å². The quantitative estimate of drug-likeness (QED) is 0.707. The van der Waals surface area contributed by atoms with Gasteiger partial charge in [-0.05, 0) is 74.9 Å². The molecule has 164 valence electrons. The van der Waals surface area contributed by atoms with Crippen LogP contribution in [0.2, 0.25) is 0 Å². The van der Waals surface area contributed by atoms with E-state index in [0.29, 0.717) is 35.8 Å². The van der Waals surface area contributed by atoms with Crippen molar-refractivity contribution in [2.75, 3.05) is 18.4 Å². The Hall–Kier alpha value is -3.77. The van der Waals surface area contributed by atoms with E-state index in [1.807, 2.05) is 42.2 Å². The Morgan fingerprint density at radius 1 is 1.12 bits per heavy atom. The van der Waals surface area contributed by atoms with Gasteiger partial charge in [0.25, 0.3) is 5.91 Å². The fourth-order valence-corrected chi connectivity index (χ4v) is 3.79. The molecular weight excluding hydrogens is 400 g/mol. The number of nitriles is 1. The Morgan fingerprint density at radius 2 is 1.78 bits per heavy atom. The number of aryl methyl sites for hydroxylation is 1. The van der Waals surface area contributed by atoms with Crippen LogP contribution < -0.4 is 10.6 Å². The maximum atomic E-state index is 13.1. The van der Waals surface area contributed by atoms with E-state index >= 15 is 0 Å². The number of nitrogens with zero attached hydrogens (tertiary/aromatic N) is 2. The molecule has 3 rings (SSSR count). The molecule has 1 fully saturated rings. The van der Waals surface area contributed by atoms with Crippen molar-refractivity contribution in [1.29, 1.82) is 5.26 Å². The average molecular weight is 429 g/mol. The molecule has 0 aromatic heterocycles. The van der Waals surface area contributed by atoms with Gasteiger partial charge in [-0.15, -0.1) is 6.42 Å². The smallest absolute Gasteiger partial charge is 0.320 e. The Morgan fingerprint density at radius 3 is 2.38 bits per heavy atom. The highest BCUT2D eigenvalue weighted by Crippen LogP contribution is 2.29. The highest BCUT2D eigenvalue weighted by molar-refractivity contribution is 5.97. The molecule has 1 saturated heterocycles. The van der Waals surface area contributed by atoms with Gasteiger partial charge in [-0.2, -0.15) is 5.26 Å². The summed E-state index contributed by atoms with van der Waals surface area (Å²) in [6, 6.07) is 14.8. The number of hydrogen-bond donors (Lipinski definition) is 2. The van der Waals surface area contributed by atoms with Gasteiger partial charge >= 0.3 is 6.03 Å². The van der Waals surface area contributed by atoms with Gasteiger partial charge in [0.1, 0.15) is 0 Å². The molecule has 6 nitrogen and oxygen atoms in total. The summed E-state index contributed by atoms with van der Waals surface area (Å²) in [5.74, 6) is 2.85. The van der Waals surface area contributed by atoms with E-state index in [0.717, 1.165) is 18.4 Å². The molecule has 1 aliphatic heterocycles. The molecule has 32 heavy (non-hydrogen) atoms. The Labute approximate surface area is 189 Å². The second-order valence-electron chi connectivity index (χ2n) is 8.68. The Bertz CT molecular complexity index is 1080. The lowest BCUT2D eigenvalue weighted by atomic mass is 9.89. The van der Waals surface area contributed by atoms with Crippen LogP contribution in [0.3, 0.4) is 0 Å². The number of carbonyl (C=O) groups excluding carboxylic acids is 2. The molecule has 6 heteroatoms. The van der Waals surface area contributed by atoms with Gasteiger partial charge in [-0.1, -0.05) is 24.1 Å². The van der Waals surface area contributed by atoms with E-state index in [2.05, 4.69) is 22.6 Å². The van der Waals surface area contributed by atoms with Gasteiger partial charge in [0.05, 0.1) is 17.2 Å². The second kappa shape index (κ2) is 9.58. The van der Waals surface area contributed by atoms with E-state index in [1.165, 1.54) is 5.56 Å². The van der Waals surface area contributed by atoms with Gasteiger partial charge in [-0.3, -0.25) is 4.79 Å². The molecule has 0 saturated carbocycles. The molecule has 2 aromatic carbocycles. The van der Waals surface area contributed by atoms with Gasteiger partial charge < -0.3 is 15.5 Å². The summed E-state index contributed by atoms with van der Waals surface area (Å²) in [4.78, 5) is 27.2. The number of carbonyl (C=O) groups is 2. The minimum atomic E-state index is -0.773. The van der Waals surface area contributed by atoms with Gasteiger partial charge in [-0.25, -0.2) is 4.79 Å². The second-order valence-corrected chi connectivity index (χ2v) is 8.68. The van der Waals surface area contributed by atoms with Crippen LogP contribution in [-0.2, 0) is 0 Å². The fraction of sp³-hybridized carbons (Fsp3) is 0.346. The first-order valence-electron chi connectivity index (χ1n) is 10.7. The van der Waals surface area contributed by atoms with Crippen LogP contribution in [0.5, 0.6) is 0 Å². The summed E-state index contributed by atoms with van der Waals surface area (Å²) in [5, 5.41) is 14.5. The zero-order valence-corrected chi connectivity index (χ0v) is 18.7. The van der Waals surface area contributed by atoms with E-state index in [9.17, 15) is 9.59 Å². The third kappa shape index (κ3) is 5.47. The molecule has 0 radical (unpaired) electrons. The number of piperidine rings is 1. The fourth-order valence-electron chi connectivity index (χ4n) is 3.79.